The van der Waals surface area contributed by atoms with Gasteiger partial charge in [-0.1, -0.05) is 175 Å². The van der Waals surface area contributed by atoms with E-state index in [-0.39, 0.29) is 24.4 Å². The highest BCUT2D eigenvalue weighted by atomic mass is 79.9. The molecule has 0 unspecified atom stereocenters. The summed E-state index contributed by atoms with van der Waals surface area (Å²) in [7, 11) is 10.8. The maximum absolute atomic E-state index is 8.25. The fourth-order valence-electron chi connectivity index (χ4n) is 15.3. The van der Waals surface area contributed by atoms with Gasteiger partial charge in [-0.2, -0.15) is 22.8 Å². The SMILES string of the molecule is C.Cc1ccc2c(c1)c(-c1c3ccccc3[n+](C)c3ccc(Cl)cc13)c1ccccc1[n+]2C.Cc1ccc2c(c1)c(-c1c3ccccc3[n+](C)c3ccccc13)c1ccccc1[n+]2C.Cc1ccc2c(c1)c(-c1c3ccccc3cc3ccccc13)c1ccccc1[n+]2C.O=[N+]([O-])[O-].O=[N+]([O-])[O-].O=[N+]([O-])[O-].O=[N+]([O-])[O-].[Br-]. The molecule has 0 spiro atoms. The van der Waals surface area contributed by atoms with E-state index in [9.17, 15) is 0 Å². The first-order valence-corrected chi connectivity index (χ1v) is 34.6. The average Bonchev–Trinajstić information content (AvgIpc) is 0.729. The number of aromatic nitrogens is 5. The number of aryl methyl sites for hydroxylation is 8. The van der Waals surface area contributed by atoms with Crippen LogP contribution >= 0.6 is 11.6 Å². The molecule has 0 aliphatic rings. The summed E-state index contributed by atoms with van der Waals surface area (Å²) < 4.78 is 11.5. The summed E-state index contributed by atoms with van der Waals surface area (Å²) in [4.78, 5) is 33.0. The molecule has 21 nitrogen and oxygen atoms in total. The van der Waals surface area contributed by atoms with E-state index in [2.05, 4.69) is 346 Å². The Morgan fingerprint density at radius 3 is 0.649 bits per heavy atom. The number of hydrogen-bond acceptors (Lipinski definition) is 12. The predicted molar refractivity (Wildman–Crippen MR) is 439 cm³/mol. The molecule has 13 aromatic carbocycles. The van der Waals surface area contributed by atoms with Gasteiger partial charge in [0.05, 0.1) is 74.2 Å². The molecule has 0 aliphatic carbocycles. The van der Waals surface area contributed by atoms with Crippen LogP contribution in [0.5, 0.6) is 0 Å². The van der Waals surface area contributed by atoms with E-state index in [0.717, 1.165) is 5.02 Å². The second kappa shape index (κ2) is 34.0. The van der Waals surface area contributed by atoms with E-state index in [1.165, 1.54) is 181 Å². The molecule has 5 heterocycles. The van der Waals surface area contributed by atoms with Gasteiger partial charge in [-0.25, -0.2) is 0 Å². The molecule has 0 aliphatic heterocycles. The lowest BCUT2D eigenvalue weighted by Crippen LogP contribution is -3.00. The Hall–Kier alpha value is -13.7. The zero-order chi connectivity index (χ0) is 77.6. The Kier molecular flexibility index (Phi) is 24.5. The van der Waals surface area contributed by atoms with Gasteiger partial charge in [0.25, 0.3) is 0 Å². The number of nitrogens with zero attached hydrogens (tertiary/aromatic N) is 9. The van der Waals surface area contributed by atoms with Crippen molar-refractivity contribution >= 4 is 142 Å². The summed E-state index contributed by atoms with van der Waals surface area (Å²) in [6.45, 7) is 6.52. The monoisotopic (exact) mass is 1560 g/mol. The van der Waals surface area contributed by atoms with Crippen LogP contribution in [0.3, 0.4) is 0 Å². The van der Waals surface area contributed by atoms with Gasteiger partial charge < -0.3 is 78.3 Å². The van der Waals surface area contributed by atoms with Crippen LogP contribution in [-0.2, 0) is 35.2 Å². The summed E-state index contributed by atoms with van der Waals surface area (Å²) >= 11 is 6.56. The van der Waals surface area contributed by atoms with E-state index >= 15 is 0 Å². The maximum Gasteiger partial charge on any atom is 0.213 e. The van der Waals surface area contributed by atoms with Crippen LogP contribution in [0.4, 0.5) is 0 Å². The van der Waals surface area contributed by atoms with Crippen molar-refractivity contribution in [3.63, 3.8) is 0 Å². The van der Waals surface area contributed by atoms with E-state index in [1.807, 2.05) is 6.07 Å². The van der Waals surface area contributed by atoms with Crippen molar-refractivity contribution in [3.8, 4) is 33.4 Å². The average molecular weight is 1560 g/mol. The number of hydrogen-bond donors (Lipinski definition) is 0. The third kappa shape index (κ3) is 16.1. The Morgan fingerprint density at radius 1 is 0.234 bits per heavy atom. The number of para-hydroxylation sites is 6. The first kappa shape index (κ1) is 79.9. The molecule has 0 amide bonds. The Morgan fingerprint density at radius 2 is 0.405 bits per heavy atom. The summed E-state index contributed by atoms with van der Waals surface area (Å²) in [5, 5.41) is 77.6. The van der Waals surface area contributed by atoms with Crippen molar-refractivity contribution in [1.29, 1.82) is 0 Å². The minimum atomic E-state index is -1.75. The number of rotatable bonds is 3. The second-order valence-electron chi connectivity index (χ2n) is 26.1. The molecule has 5 aromatic heterocycles. The van der Waals surface area contributed by atoms with Gasteiger partial charge >= 0.3 is 0 Å². The molecule has 18 rings (SSSR count). The van der Waals surface area contributed by atoms with Gasteiger partial charge in [0.2, 0.25) is 55.2 Å². The molecule has 0 radical (unpaired) electrons. The molecule has 0 atom stereocenters. The summed E-state index contributed by atoms with van der Waals surface area (Å²) in [5.74, 6) is 0. The van der Waals surface area contributed by atoms with Gasteiger partial charge in [0.15, 0.2) is 0 Å². The third-order valence-corrected chi connectivity index (χ3v) is 19.9. The lowest BCUT2D eigenvalue weighted by molar-refractivity contribution is -0.617. The van der Waals surface area contributed by atoms with Crippen molar-refractivity contribution in [1.82, 2.24) is 0 Å². The van der Waals surface area contributed by atoms with Crippen LogP contribution in [0, 0.1) is 82.1 Å². The normalized spacial score (nSPS) is 10.7. The fourth-order valence-corrected chi connectivity index (χ4v) is 15.5. The molecule has 0 bridgehead atoms. The number of fused-ring (bicyclic) bond motifs is 12. The predicted octanol–water partition coefficient (Wildman–Crippen LogP) is 16.3. The molecule has 0 saturated carbocycles. The zero-order valence-electron chi connectivity index (χ0n) is 60.7. The number of halogens is 2. The zero-order valence-corrected chi connectivity index (χ0v) is 63.0. The minimum Gasteiger partial charge on any atom is -1.00 e. The molecule has 111 heavy (non-hydrogen) atoms. The standard InChI is InChI=1S/C29H23ClN2.C29H24N2.C29H22N.CH4.BrH.4NO3/c1-18-12-14-26-22(16-18)28(20-8-4-6-10-24(20)31(26)2)29-21-9-5-7-11-25(21)32(3)27-15-13-19(30)17-23(27)29;1-19-16-17-27-23(18-19)29(22-12-6-9-15-26(22)31(27)3)28-20-10-4-7-13-24(20)30(2)25-14-8-5-11-21(25)28;1-19-15-16-27-25(17-19)29(24-13-7-8-14-26(24)30(27)2)28-22-11-5-3-9-20(22)18-21-10-4-6-12-23(21)28;;;4*2-1(3)4/h4-17H,1-3H3;4-18H,1-3H3;3-18H,1-2H3;1H4;1H;;;;/q2*+2;+1;;;4*-1/p-1. The van der Waals surface area contributed by atoms with Crippen LogP contribution in [0.2, 0.25) is 5.02 Å². The summed E-state index contributed by atoms with van der Waals surface area (Å²) in [5.41, 5.74) is 23.9. The highest BCUT2D eigenvalue weighted by Crippen LogP contribution is 2.46. The smallest absolute Gasteiger partial charge is 0.213 e. The summed E-state index contributed by atoms with van der Waals surface area (Å²) in [6.07, 6.45) is 0. The Balaban J connectivity index is 0.000000160. The molecule has 0 fully saturated rings. The fraction of sp³-hybridized carbons (Fsp3) is 0.102. The third-order valence-electron chi connectivity index (χ3n) is 19.7. The molecule has 556 valence electrons. The minimum absolute atomic E-state index is 0. The van der Waals surface area contributed by atoms with Crippen molar-refractivity contribution in [2.24, 2.45) is 35.2 Å². The quantitative estimate of drug-likeness (QED) is 0.0691. The van der Waals surface area contributed by atoms with Gasteiger partial charge in [-0.15, -0.1) is 0 Å². The molecular weight excluding hydrogens is 1490 g/mol. The largest absolute Gasteiger partial charge is 1.00 e. The van der Waals surface area contributed by atoms with E-state index in [0.29, 0.717) is 0 Å². The van der Waals surface area contributed by atoms with Crippen molar-refractivity contribution in [2.75, 3.05) is 0 Å². The first-order valence-electron chi connectivity index (χ1n) is 34.3. The molecular formula is C88H73BrClN9O12. The van der Waals surface area contributed by atoms with Crippen LogP contribution in [0.25, 0.3) is 164 Å². The maximum atomic E-state index is 8.25. The second-order valence-corrected chi connectivity index (χ2v) is 26.5. The van der Waals surface area contributed by atoms with Gasteiger partial charge in [0.1, 0.15) is 35.2 Å². The van der Waals surface area contributed by atoms with Crippen molar-refractivity contribution in [2.45, 2.75) is 28.2 Å². The highest BCUT2D eigenvalue weighted by molar-refractivity contribution is 6.32. The van der Waals surface area contributed by atoms with E-state index in [4.69, 9.17) is 72.9 Å². The molecule has 0 N–H and O–H groups in total. The highest BCUT2D eigenvalue weighted by Gasteiger charge is 2.29. The van der Waals surface area contributed by atoms with E-state index in [1.54, 1.807) is 0 Å². The lowest BCUT2D eigenvalue weighted by atomic mass is 9.87. The van der Waals surface area contributed by atoms with Crippen LogP contribution < -0.4 is 39.8 Å². The van der Waals surface area contributed by atoms with Crippen molar-refractivity contribution < 1.29 is 60.2 Å². The van der Waals surface area contributed by atoms with Gasteiger partial charge in [-0.3, -0.25) is 0 Å². The molecule has 18 aromatic rings. The first-order chi connectivity index (χ1) is 52.3. The Labute approximate surface area is 651 Å². The van der Waals surface area contributed by atoms with Gasteiger partial charge in [-0.05, 0) is 121 Å². The lowest BCUT2D eigenvalue weighted by Gasteiger charge is -2.16. The van der Waals surface area contributed by atoms with E-state index < -0.39 is 20.3 Å². The number of benzene rings is 13. The van der Waals surface area contributed by atoms with Gasteiger partial charge in [0, 0.05) is 93.5 Å². The van der Waals surface area contributed by atoms with Crippen LogP contribution in [-0.4, -0.2) is 20.3 Å². The van der Waals surface area contributed by atoms with Crippen molar-refractivity contribution in [3.05, 3.63) is 356 Å². The molecule has 0 saturated heterocycles. The van der Waals surface area contributed by atoms with Crippen LogP contribution in [0.1, 0.15) is 24.1 Å². The topological polar surface area (TPSA) is 284 Å². The summed E-state index contributed by atoms with van der Waals surface area (Å²) in [6, 6.07) is 98.9. The Bertz CT molecular complexity index is 6430. The molecule has 23 heteroatoms. The number of pyridine rings is 5. The van der Waals surface area contributed by atoms with Crippen LogP contribution in [0.15, 0.2) is 273 Å².